The molecule has 1 atom stereocenters. The molecule has 0 aromatic carbocycles. The molecule has 0 fully saturated rings. The van der Waals surface area contributed by atoms with Crippen LogP contribution in [0.1, 0.15) is 37.8 Å². The Labute approximate surface area is 73.8 Å². The SMILES string of the molecule is Cc1ccc([C@H](N)CC(C)C)o1. The van der Waals surface area contributed by atoms with Crippen molar-refractivity contribution in [2.24, 2.45) is 11.7 Å². The van der Waals surface area contributed by atoms with Gasteiger partial charge in [0.25, 0.3) is 0 Å². The lowest BCUT2D eigenvalue weighted by Crippen LogP contribution is -2.11. The largest absolute Gasteiger partial charge is 0.465 e. The minimum atomic E-state index is 0.0544. The molecule has 0 aliphatic rings. The van der Waals surface area contributed by atoms with E-state index in [9.17, 15) is 0 Å². The molecule has 0 amide bonds. The Kier molecular flexibility index (Phi) is 2.93. The minimum Gasteiger partial charge on any atom is -0.465 e. The highest BCUT2D eigenvalue weighted by Gasteiger charge is 2.11. The Balaban J connectivity index is 2.58. The summed E-state index contributed by atoms with van der Waals surface area (Å²) < 4.78 is 5.42. The maximum absolute atomic E-state index is 5.92. The summed E-state index contributed by atoms with van der Waals surface area (Å²) in [7, 11) is 0. The Morgan fingerprint density at radius 2 is 2.08 bits per heavy atom. The number of nitrogens with two attached hydrogens (primary N) is 1. The molecular weight excluding hydrogens is 150 g/mol. The van der Waals surface area contributed by atoms with E-state index in [2.05, 4.69) is 13.8 Å². The number of hydrogen-bond acceptors (Lipinski definition) is 2. The smallest absolute Gasteiger partial charge is 0.120 e. The first-order chi connectivity index (χ1) is 5.59. The fourth-order valence-corrected chi connectivity index (χ4v) is 1.28. The van der Waals surface area contributed by atoms with Gasteiger partial charge in [0.2, 0.25) is 0 Å². The van der Waals surface area contributed by atoms with Gasteiger partial charge in [0.05, 0.1) is 6.04 Å². The van der Waals surface area contributed by atoms with Gasteiger partial charge in [0, 0.05) is 0 Å². The van der Waals surface area contributed by atoms with Crippen LogP contribution in [0.5, 0.6) is 0 Å². The normalized spacial score (nSPS) is 13.8. The van der Waals surface area contributed by atoms with E-state index in [1.54, 1.807) is 0 Å². The van der Waals surface area contributed by atoms with Gasteiger partial charge in [0.1, 0.15) is 11.5 Å². The molecule has 2 nitrogen and oxygen atoms in total. The summed E-state index contributed by atoms with van der Waals surface area (Å²) in [6.07, 6.45) is 0.979. The Morgan fingerprint density at radius 3 is 2.50 bits per heavy atom. The van der Waals surface area contributed by atoms with Gasteiger partial charge < -0.3 is 10.2 Å². The number of furan rings is 1. The predicted octanol–water partition coefficient (Wildman–Crippen LogP) is 2.63. The number of aryl methyl sites for hydroxylation is 1. The number of rotatable bonds is 3. The van der Waals surface area contributed by atoms with Crippen molar-refractivity contribution in [3.05, 3.63) is 23.7 Å². The lowest BCUT2D eigenvalue weighted by molar-refractivity contribution is 0.404. The van der Waals surface area contributed by atoms with Crippen LogP contribution in [0.2, 0.25) is 0 Å². The summed E-state index contributed by atoms with van der Waals surface area (Å²) >= 11 is 0. The standard InChI is InChI=1S/C10H17NO/c1-7(2)6-9(11)10-5-4-8(3)12-10/h4-5,7,9H,6,11H2,1-3H3/t9-/m1/s1. The average molecular weight is 167 g/mol. The molecule has 0 spiro atoms. The Bertz CT molecular complexity index is 240. The summed E-state index contributed by atoms with van der Waals surface area (Å²) in [5.74, 6) is 2.45. The second-order valence-electron chi connectivity index (χ2n) is 3.68. The molecule has 1 aromatic heterocycles. The highest BCUT2D eigenvalue weighted by atomic mass is 16.3. The second-order valence-corrected chi connectivity index (χ2v) is 3.68. The van der Waals surface area contributed by atoms with Crippen molar-refractivity contribution in [1.29, 1.82) is 0 Å². The van der Waals surface area contributed by atoms with E-state index in [0.29, 0.717) is 5.92 Å². The van der Waals surface area contributed by atoms with Crippen LogP contribution < -0.4 is 5.73 Å². The van der Waals surface area contributed by atoms with Crippen LogP contribution in [0.4, 0.5) is 0 Å². The molecule has 2 heteroatoms. The molecule has 0 aliphatic heterocycles. The van der Waals surface area contributed by atoms with Gasteiger partial charge in [0.15, 0.2) is 0 Å². The first kappa shape index (κ1) is 9.33. The zero-order valence-electron chi connectivity index (χ0n) is 8.00. The van der Waals surface area contributed by atoms with Crippen LogP contribution >= 0.6 is 0 Å². The summed E-state index contributed by atoms with van der Waals surface area (Å²) in [5.41, 5.74) is 5.92. The molecular formula is C10H17NO. The van der Waals surface area contributed by atoms with Crippen LogP contribution in [-0.2, 0) is 0 Å². The van der Waals surface area contributed by atoms with Crippen LogP contribution in [0.15, 0.2) is 16.5 Å². The summed E-state index contributed by atoms with van der Waals surface area (Å²) in [4.78, 5) is 0. The van der Waals surface area contributed by atoms with Crippen LogP contribution in [0.3, 0.4) is 0 Å². The second kappa shape index (κ2) is 3.76. The molecule has 2 N–H and O–H groups in total. The van der Waals surface area contributed by atoms with E-state index in [4.69, 9.17) is 10.2 Å². The molecule has 0 aliphatic carbocycles. The summed E-state index contributed by atoms with van der Waals surface area (Å²) in [5, 5.41) is 0. The Hall–Kier alpha value is -0.760. The van der Waals surface area contributed by atoms with Crippen molar-refractivity contribution < 1.29 is 4.42 Å². The van der Waals surface area contributed by atoms with Crippen molar-refractivity contribution in [3.63, 3.8) is 0 Å². The highest BCUT2D eigenvalue weighted by molar-refractivity contribution is 5.09. The number of hydrogen-bond donors (Lipinski definition) is 1. The lowest BCUT2D eigenvalue weighted by atomic mass is 10.0. The molecule has 1 heterocycles. The molecule has 0 saturated heterocycles. The molecule has 0 bridgehead atoms. The van der Waals surface area contributed by atoms with Gasteiger partial charge in [-0.2, -0.15) is 0 Å². The monoisotopic (exact) mass is 167 g/mol. The Morgan fingerprint density at radius 1 is 1.42 bits per heavy atom. The molecule has 0 unspecified atom stereocenters. The molecule has 0 radical (unpaired) electrons. The van der Waals surface area contributed by atoms with Gasteiger partial charge in [-0.05, 0) is 31.4 Å². The third-order valence-corrected chi connectivity index (χ3v) is 1.85. The van der Waals surface area contributed by atoms with E-state index < -0.39 is 0 Å². The van der Waals surface area contributed by atoms with Gasteiger partial charge in [-0.1, -0.05) is 13.8 Å². The molecule has 1 rings (SSSR count). The molecule has 12 heavy (non-hydrogen) atoms. The maximum atomic E-state index is 5.92. The quantitative estimate of drug-likeness (QED) is 0.751. The summed E-state index contributed by atoms with van der Waals surface area (Å²) in [6.45, 7) is 6.26. The van der Waals surface area contributed by atoms with E-state index in [1.807, 2.05) is 19.1 Å². The molecule has 68 valence electrons. The van der Waals surface area contributed by atoms with Gasteiger partial charge in [-0.15, -0.1) is 0 Å². The van der Waals surface area contributed by atoms with Crippen molar-refractivity contribution in [1.82, 2.24) is 0 Å². The first-order valence-corrected chi connectivity index (χ1v) is 4.41. The minimum absolute atomic E-state index is 0.0544. The van der Waals surface area contributed by atoms with E-state index in [0.717, 1.165) is 17.9 Å². The van der Waals surface area contributed by atoms with Crippen molar-refractivity contribution in [3.8, 4) is 0 Å². The van der Waals surface area contributed by atoms with E-state index >= 15 is 0 Å². The topological polar surface area (TPSA) is 39.2 Å². The predicted molar refractivity (Wildman–Crippen MR) is 49.8 cm³/mol. The van der Waals surface area contributed by atoms with Crippen molar-refractivity contribution >= 4 is 0 Å². The van der Waals surface area contributed by atoms with Crippen molar-refractivity contribution in [2.75, 3.05) is 0 Å². The first-order valence-electron chi connectivity index (χ1n) is 4.41. The zero-order valence-corrected chi connectivity index (χ0v) is 8.00. The fraction of sp³-hybridized carbons (Fsp3) is 0.600. The fourth-order valence-electron chi connectivity index (χ4n) is 1.28. The van der Waals surface area contributed by atoms with Crippen molar-refractivity contribution in [2.45, 2.75) is 33.2 Å². The third kappa shape index (κ3) is 2.38. The molecule has 1 aromatic rings. The van der Waals surface area contributed by atoms with Gasteiger partial charge in [-0.3, -0.25) is 0 Å². The van der Waals surface area contributed by atoms with Crippen LogP contribution in [0.25, 0.3) is 0 Å². The average Bonchev–Trinajstić information content (AvgIpc) is 2.34. The van der Waals surface area contributed by atoms with Crippen LogP contribution in [-0.4, -0.2) is 0 Å². The van der Waals surface area contributed by atoms with Gasteiger partial charge in [-0.25, -0.2) is 0 Å². The highest BCUT2D eigenvalue weighted by Crippen LogP contribution is 2.20. The summed E-state index contributed by atoms with van der Waals surface area (Å²) in [6, 6.07) is 3.97. The molecule has 0 saturated carbocycles. The van der Waals surface area contributed by atoms with Gasteiger partial charge >= 0.3 is 0 Å². The maximum Gasteiger partial charge on any atom is 0.120 e. The third-order valence-electron chi connectivity index (χ3n) is 1.85. The zero-order chi connectivity index (χ0) is 9.14. The lowest BCUT2D eigenvalue weighted by Gasteiger charge is -2.10. The van der Waals surface area contributed by atoms with E-state index in [-0.39, 0.29) is 6.04 Å². The van der Waals surface area contributed by atoms with E-state index in [1.165, 1.54) is 0 Å². The van der Waals surface area contributed by atoms with Crippen LogP contribution in [0, 0.1) is 12.8 Å².